The highest BCUT2D eigenvalue weighted by molar-refractivity contribution is 6.09. The van der Waals surface area contributed by atoms with Crippen LogP contribution in [0.25, 0.3) is 22.0 Å². The number of aryl methyl sites for hydroxylation is 1. The molecule has 2 aromatic heterocycles. The number of ether oxygens (including phenoxy) is 1. The number of benzene rings is 2. The molecule has 0 spiro atoms. The number of hydrogen-bond donors (Lipinski definition) is 2. The molecule has 3 N–H and O–H groups in total. The van der Waals surface area contributed by atoms with Crippen molar-refractivity contribution in [2.75, 3.05) is 24.7 Å². The van der Waals surface area contributed by atoms with Crippen molar-refractivity contribution in [3.05, 3.63) is 83.8 Å². The van der Waals surface area contributed by atoms with Gasteiger partial charge >= 0.3 is 6.03 Å². The molecule has 0 radical (unpaired) electrons. The molecule has 0 bridgehead atoms. The van der Waals surface area contributed by atoms with Gasteiger partial charge < -0.3 is 15.8 Å². The summed E-state index contributed by atoms with van der Waals surface area (Å²) >= 11 is 0. The second kappa shape index (κ2) is 12.0. The smallest absolute Gasteiger partial charge is 0.325 e. The molecule has 4 aromatic rings. The Kier molecular flexibility index (Phi) is 8.09. The minimum atomic E-state index is -0.618. The fourth-order valence-electron chi connectivity index (χ4n) is 6.13. The summed E-state index contributed by atoms with van der Waals surface area (Å²) in [5.41, 5.74) is 11.1. The van der Waals surface area contributed by atoms with E-state index in [9.17, 15) is 9.59 Å². The molecule has 0 aliphatic carbocycles. The number of nitrogens with one attached hydrogen (secondary N) is 1. The maximum atomic E-state index is 13.4. The number of urea groups is 1. The van der Waals surface area contributed by atoms with E-state index in [-0.39, 0.29) is 23.2 Å². The lowest BCUT2D eigenvalue weighted by Crippen LogP contribution is -2.43. The third-order valence-electron chi connectivity index (χ3n) is 8.59. The normalized spacial score (nSPS) is 17.8. The number of carbonyl (C=O) groups is 2. The Morgan fingerprint density at radius 1 is 1.05 bits per heavy atom. The molecule has 0 saturated carbocycles. The van der Waals surface area contributed by atoms with Crippen LogP contribution in [0.4, 0.5) is 16.3 Å². The van der Waals surface area contributed by atoms with Gasteiger partial charge in [0, 0.05) is 48.2 Å². The van der Waals surface area contributed by atoms with Crippen LogP contribution in [-0.2, 0) is 14.9 Å². The zero-order valence-electron chi connectivity index (χ0n) is 25.8. The van der Waals surface area contributed by atoms with Crippen LogP contribution in [0.5, 0.6) is 0 Å². The van der Waals surface area contributed by atoms with E-state index in [1.807, 2.05) is 55.5 Å². The van der Waals surface area contributed by atoms with Crippen molar-refractivity contribution in [3.63, 3.8) is 0 Å². The first kappa shape index (κ1) is 29.7. The van der Waals surface area contributed by atoms with Gasteiger partial charge in [0.05, 0.1) is 29.3 Å². The highest BCUT2D eigenvalue weighted by atomic mass is 16.5. The lowest BCUT2D eigenvalue weighted by molar-refractivity contribution is -0.126. The van der Waals surface area contributed by atoms with E-state index in [1.54, 1.807) is 10.9 Å². The van der Waals surface area contributed by atoms with Crippen LogP contribution >= 0.6 is 0 Å². The first-order valence-electron chi connectivity index (χ1n) is 15.3. The molecule has 2 aliphatic rings. The number of nitrogens with zero attached hydrogens (tertiary/aromatic N) is 4. The van der Waals surface area contributed by atoms with E-state index >= 15 is 0 Å². The van der Waals surface area contributed by atoms with Gasteiger partial charge in [0.15, 0.2) is 5.78 Å². The molecule has 2 aliphatic heterocycles. The quantitative estimate of drug-likeness (QED) is 0.285. The molecule has 4 heterocycles. The summed E-state index contributed by atoms with van der Waals surface area (Å²) in [5.74, 6) is 0.792. The zero-order valence-corrected chi connectivity index (χ0v) is 25.8. The summed E-state index contributed by atoms with van der Waals surface area (Å²) in [5, 5.41) is 10.2. The molecular formula is C35H40N6O3. The Morgan fingerprint density at radius 3 is 2.48 bits per heavy atom. The van der Waals surface area contributed by atoms with Crippen LogP contribution < -0.4 is 16.0 Å². The summed E-state index contributed by atoms with van der Waals surface area (Å²) in [6.45, 7) is 10.2. The van der Waals surface area contributed by atoms with Gasteiger partial charge in [0.2, 0.25) is 0 Å². The van der Waals surface area contributed by atoms with E-state index in [0.29, 0.717) is 31.3 Å². The molecule has 1 atom stereocenters. The highest BCUT2D eigenvalue weighted by Crippen LogP contribution is 2.39. The molecule has 2 amide bonds. The number of anilines is 2. The van der Waals surface area contributed by atoms with E-state index < -0.39 is 6.03 Å². The average molecular weight is 593 g/mol. The second-order valence-corrected chi connectivity index (χ2v) is 12.7. The Bertz CT molecular complexity index is 1730. The lowest BCUT2D eigenvalue weighted by Gasteiger charge is -2.28. The van der Waals surface area contributed by atoms with Crippen LogP contribution in [0.1, 0.15) is 57.0 Å². The first-order chi connectivity index (χ1) is 21.1. The number of fused-ring (bicyclic) bond motifs is 1. The van der Waals surface area contributed by atoms with Crippen LogP contribution in [0.3, 0.4) is 0 Å². The number of pyridine rings is 1. The number of ketones is 1. The van der Waals surface area contributed by atoms with E-state index in [1.165, 1.54) is 4.90 Å². The Hall–Kier alpha value is -4.34. The minimum Gasteiger partial charge on any atom is -0.381 e. The third-order valence-corrected chi connectivity index (χ3v) is 8.59. The average Bonchev–Trinajstić information content (AvgIpc) is 3.47. The van der Waals surface area contributed by atoms with Gasteiger partial charge in [0.25, 0.3) is 0 Å². The van der Waals surface area contributed by atoms with Gasteiger partial charge in [-0.2, -0.15) is 5.10 Å². The molecule has 9 heteroatoms. The van der Waals surface area contributed by atoms with Crippen LogP contribution in [-0.4, -0.2) is 52.4 Å². The fraction of sp³-hybridized carbons (Fsp3) is 0.371. The minimum absolute atomic E-state index is 0.0201. The van der Waals surface area contributed by atoms with Crippen LogP contribution in [0.15, 0.2) is 66.9 Å². The molecule has 1 saturated heterocycles. The zero-order chi connectivity index (χ0) is 31.0. The molecular weight excluding hydrogens is 552 g/mol. The maximum Gasteiger partial charge on any atom is 0.325 e. The number of nitrogens with two attached hydrogens (primary N) is 1. The Labute approximate surface area is 258 Å². The number of hydrogen-bond acceptors (Lipinski definition) is 6. The Balaban J connectivity index is 1.45. The fourth-order valence-corrected chi connectivity index (χ4v) is 6.13. The molecule has 6 rings (SSSR count). The monoisotopic (exact) mass is 592 g/mol. The topological polar surface area (TPSA) is 115 Å². The number of aromatic nitrogens is 3. The summed E-state index contributed by atoms with van der Waals surface area (Å²) in [6, 6.07) is 16.9. The molecule has 1 unspecified atom stereocenters. The molecule has 228 valence electrons. The van der Waals surface area contributed by atoms with Crippen molar-refractivity contribution < 1.29 is 14.3 Å². The first-order valence-corrected chi connectivity index (χ1v) is 15.3. The lowest BCUT2D eigenvalue weighted by atomic mass is 9.86. The van der Waals surface area contributed by atoms with Gasteiger partial charge in [-0.1, -0.05) is 57.2 Å². The van der Waals surface area contributed by atoms with Crippen molar-refractivity contribution >= 4 is 39.7 Å². The summed E-state index contributed by atoms with van der Waals surface area (Å²) in [4.78, 5) is 32.7. The van der Waals surface area contributed by atoms with Crippen LogP contribution in [0, 0.1) is 12.8 Å². The molecule has 1 fully saturated rings. The Morgan fingerprint density at radius 2 is 1.80 bits per heavy atom. The number of rotatable bonds is 6. The van der Waals surface area contributed by atoms with Crippen molar-refractivity contribution in [1.82, 2.24) is 20.1 Å². The van der Waals surface area contributed by atoms with E-state index in [2.05, 4.69) is 43.2 Å². The molecule has 9 nitrogen and oxygen atoms in total. The van der Waals surface area contributed by atoms with Gasteiger partial charge in [-0.25, -0.2) is 14.4 Å². The summed E-state index contributed by atoms with van der Waals surface area (Å²) in [6.07, 6.45) is 6.17. The van der Waals surface area contributed by atoms with Crippen molar-refractivity contribution in [2.45, 2.75) is 58.4 Å². The number of carbonyl (C=O) groups excluding carboxylic acids is 2. The van der Waals surface area contributed by atoms with Gasteiger partial charge in [0.1, 0.15) is 5.82 Å². The van der Waals surface area contributed by atoms with E-state index in [0.717, 1.165) is 58.2 Å². The van der Waals surface area contributed by atoms with Crippen LogP contribution in [0.2, 0.25) is 0 Å². The van der Waals surface area contributed by atoms with Crippen molar-refractivity contribution in [2.24, 2.45) is 11.7 Å². The predicted octanol–water partition coefficient (Wildman–Crippen LogP) is 5.98. The van der Waals surface area contributed by atoms with Gasteiger partial charge in [-0.05, 0) is 60.9 Å². The number of primary amides is 1. The number of Topliss-reactive ketones (excluding diaryl/α,β-unsaturated/α-hetero) is 1. The maximum absolute atomic E-state index is 13.4. The summed E-state index contributed by atoms with van der Waals surface area (Å²) in [7, 11) is 0. The standard InChI is InChI=1S/C35H40N6O3/c1-22-9-10-25(21-38-22)41-32(20-31(39-41)35(2,3)4)40(34(36)43)30-12-11-26(27-7-5-6-8-28(27)30)24-13-16-37-29(19-24)33(42)23-14-17-44-18-15-23/h5-12,19-21,23,29,37H,13-18H2,1-4H3,(H2,36,43). The summed E-state index contributed by atoms with van der Waals surface area (Å²) < 4.78 is 7.21. The highest BCUT2D eigenvalue weighted by Gasteiger charge is 2.31. The second-order valence-electron chi connectivity index (χ2n) is 12.7. The van der Waals surface area contributed by atoms with Crippen molar-refractivity contribution in [1.29, 1.82) is 0 Å². The van der Waals surface area contributed by atoms with Gasteiger partial charge in [-0.3, -0.25) is 9.78 Å². The molecule has 44 heavy (non-hydrogen) atoms. The van der Waals surface area contributed by atoms with E-state index in [4.69, 9.17) is 15.6 Å². The SMILES string of the molecule is Cc1ccc(-n2nc(C(C)(C)C)cc2N(C(N)=O)c2ccc(C3=CC(C(=O)C4CCOCC4)NCC3)c3ccccc23)cn1. The third kappa shape index (κ3) is 5.77. The predicted molar refractivity (Wildman–Crippen MR) is 173 cm³/mol. The molecule has 2 aromatic carbocycles. The largest absolute Gasteiger partial charge is 0.381 e. The van der Waals surface area contributed by atoms with Crippen molar-refractivity contribution in [3.8, 4) is 5.69 Å². The van der Waals surface area contributed by atoms with Gasteiger partial charge in [-0.15, -0.1) is 0 Å². The number of amides is 2.